The number of para-hydroxylation sites is 1. The van der Waals surface area contributed by atoms with Gasteiger partial charge in [-0.2, -0.15) is 5.10 Å². The number of nitrogens with two attached hydrogens (primary N) is 1. The summed E-state index contributed by atoms with van der Waals surface area (Å²) in [5.74, 6) is 0.300. The Morgan fingerprint density at radius 2 is 1.85 bits per heavy atom. The lowest BCUT2D eigenvalue weighted by molar-refractivity contribution is 0.102. The van der Waals surface area contributed by atoms with E-state index in [-0.39, 0.29) is 11.4 Å². The van der Waals surface area contributed by atoms with E-state index in [4.69, 9.17) is 15.0 Å². The molecule has 2 aromatic heterocycles. The van der Waals surface area contributed by atoms with Crippen LogP contribution in [0.1, 0.15) is 41.5 Å². The van der Waals surface area contributed by atoms with E-state index in [0.717, 1.165) is 30.0 Å². The van der Waals surface area contributed by atoms with Crippen molar-refractivity contribution in [2.75, 3.05) is 17.7 Å². The number of nitrogens with one attached hydrogen (secondary N) is 1. The van der Waals surface area contributed by atoms with E-state index in [0.29, 0.717) is 29.2 Å². The molecule has 8 nitrogen and oxygen atoms in total. The van der Waals surface area contributed by atoms with Crippen LogP contribution in [0.15, 0.2) is 59.1 Å². The molecule has 0 aliphatic rings. The molecule has 0 aliphatic carbocycles. The average Bonchev–Trinajstić information content (AvgIpc) is 3.34. The first-order chi connectivity index (χ1) is 16.0. The van der Waals surface area contributed by atoms with Crippen molar-refractivity contribution in [3.05, 3.63) is 71.5 Å². The van der Waals surface area contributed by atoms with Crippen LogP contribution in [0.5, 0.6) is 5.75 Å². The predicted octanol–water partition coefficient (Wildman–Crippen LogP) is 5.16. The van der Waals surface area contributed by atoms with Crippen molar-refractivity contribution < 1.29 is 14.1 Å². The predicted molar refractivity (Wildman–Crippen MR) is 128 cm³/mol. The molecule has 1 amide bonds. The van der Waals surface area contributed by atoms with Crippen LogP contribution >= 0.6 is 0 Å². The van der Waals surface area contributed by atoms with Crippen LogP contribution in [0.2, 0.25) is 0 Å². The third-order valence-electron chi connectivity index (χ3n) is 5.35. The number of carbonyl (C=O) groups is 1. The third kappa shape index (κ3) is 4.59. The second kappa shape index (κ2) is 9.60. The highest BCUT2D eigenvalue weighted by atomic mass is 16.5. The maximum Gasteiger partial charge on any atom is 0.263 e. The molecule has 8 heteroatoms. The summed E-state index contributed by atoms with van der Waals surface area (Å²) in [7, 11) is 0. The van der Waals surface area contributed by atoms with Crippen molar-refractivity contribution in [1.82, 2.24) is 14.9 Å². The molecule has 0 bridgehead atoms. The van der Waals surface area contributed by atoms with E-state index in [2.05, 4.69) is 22.5 Å². The van der Waals surface area contributed by atoms with Gasteiger partial charge in [0.05, 0.1) is 23.7 Å². The molecule has 33 heavy (non-hydrogen) atoms. The highest BCUT2D eigenvalue weighted by molar-refractivity contribution is 6.11. The van der Waals surface area contributed by atoms with Gasteiger partial charge in [-0.3, -0.25) is 4.79 Å². The molecule has 0 spiro atoms. The zero-order valence-corrected chi connectivity index (χ0v) is 19.0. The summed E-state index contributed by atoms with van der Waals surface area (Å²) in [6.07, 6.45) is 2.06. The van der Waals surface area contributed by atoms with Crippen LogP contribution in [-0.2, 0) is 0 Å². The van der Waals surface area contributed by atoms with E-state index in [1.807, 2.05) is 61.0 Å². The largest absolute Gasteiger partial charge is 0.494 e. The van der Waals surface area contributed by atoms with E-state index >= 15 is 0 Å². The molecule has 0 unspecified atom stereocenters. The second-order valence-corrected chi connectivity index (χ2v) is 7.74. The normalized spacial score (nSPS) is 10.9. The molecular formula is C25H27N5O3. The van der Waals surface area contributed by atoms with Crippen molar-refractivity contribution in [2.45, 2.75) is 33.6 Å². The van der Waals surface area contributed by atoms with Crippen LogP contribution in [0.25, 0.3) is 16.9 Å². The number of amides is 1. The van der Waals surface area contributed by atoms with Gasteiger partial charge in [0.1, 0.15) is 17.0 Å². The van der Waals surface area contributed by atoms with Gasteiger partial charge in [-0.05, 0) is 56.7 Å². The summed E-state index contributed by atoms with van der Waals surface area (Å²) in [5.41, 5.74) is 10.3. The molecule has 170 valence electrons. The Kier molecular flexibility index (Phi) is 6.44. The van der Waals surface area contributed by atoms with Gasteiger partial charge < -0.3 is 20.3 Å². The molecule has 0 atom stereocenters. The molecule has 0 saturated carbocycles. The number of aromatic nitrogens is 3. The lowest BCUT2D eigenvalue weighted by atomic mass is 10.0. The first-order valence-electron chi connectivity index (χ1n) is 10.9. The fraction of sp³-hybridized carbons (Fsp3) is 0.240. The Labute approximate surface area is 192 Å². The van der Waals surface area contributed by atoms with Crippen molar-refractivity contribution in [3.63, 3.8) is 0 Å². The van der Waals surface area contributed by atoms with E-state index in [1.54, 1.807) is 12.1 Å². The first kappa shape index (κ1) is 22.1. The van der Waals surface area contributed by atoms with Gasteiger partial charge in [0, 0.05) is 11.3 Å². The van der Waals surface area contributed by atoms with Crippen molar-refractivity contribution in [2.24, 2.45) is 0 Å². The quantitative estimate of drug-likeness (QED) is 0.363. The van der Waals surface area contributed by atoms with Crippen LogP contribution in [-0.4, -0.2) is 27.5 Å². The lowest BCUT2D eigenvalue weighted by Crippen LogP contribution is -2.14. The number of nitrogen functional groups attached to an aromatic ring is 1. The molecule has 2 heterocycles. The minimum atomic E-state index is -0.408. The number of nitrogens with zero attached hydrogens (tertiary/aromatic N) is 3. The van der Waals surface area contributed by atoms with E-state index < -0.39 is 5.91 Å². The van der Waals surface area contributed by atoms with Crippen LogP contribution in [0, 0.1) is 13.8 Å². The number of benzene rings is 2. The summed E-state index contributed by atoms with van der Waals surface area (Å²) in [4.78, 5) is 13.1. The fourth-order valence-corrected chi connectivity index (χ4v) is 3.66. The maximum absolute atomic E-state index is 13.1. The Bertz CT molecular complexity index is 1240. The monoisotopic (exact) mass is 445 g/mol. The molecule has 4 rings (SSSR count). The van der Waals surface area contributed by atoms with Crippen molar-refractivity contribution in [1.29, 1.82) is 0 Å². The average molecular weight is 446 g/mol. The van der Waals surface area contributed by atoms with Gasteiger partial charge in [0.15, 0.2) is 0 Å². The second-order valence-electron chi connectivity index (χ2n) is 7.74. The molecule has 3 N–H and O–H groups in total. The number of rotatable bonds is 8. The number of ether oxygens (including phenoxy) is 1. The van der Waals surface area contributed by atoms with E-state index in [9.17, 15) is 4.79 Å². The summed E-state index contributed by atoms with van der Waals surface area (Å²) in [6.45, 7) is 6.57. The lowest BCUT2D eigenvalue weighted by Gasteiger charge is -2.08. The number of carbonyl (C=O) groups excluding carboxylic acids is 1. The number of aryl methyl sites for hydroxylation is 1. The van der Waals surface area contributed by atoms with Crippen molar-refractivity contribution in [3.8, 4) is 22.7 Å². The SMILES string of the molecule is CCCCOc1ccc(NC(=O)c2c(-c3c(C)nn(-c4ccccc4)c3C)noc2N)cc1. The number of hydrogen-bond acceptors (Lipinski definition) is 6. The fourth-order valence-electron chi connectivity index (χ4n) is 3.66. The summed E-state index contributed by atoms with van der Waals surface area (Å²) in [6, 6.07) is 17.0. The Morgan fingerprint density at radius 3 is 2.55 bits per heavy atom. The van der Waals surface area contributed by atoms with Gasteiger partial charge >= 0.3 is 0 Å². The van der Waals surface area contributed by atoms with Gasteiger partial charge in [0.25, 0.3) is 5.91 Å². The molecule has 0 saturated heterocycles. The van der Waals surface area contributed by atoms with Gasteiger partial charge in [0.2, 0.25) is 5.88 Å². The number of anilines is 2. The Balaban J connectivity index is 1.60. The minimum absolute atomic E-state index is 0.0479. The molecule has 0 fully saturated rings. The van der Waals surface area contributed by atoms with Gasteiger partial charge in [-0.1, -0.05) is 36.7 Å². The van der Waals surface area contributed by atoms with Crippen LogP contribution in [0.3, 0.4) is 0 Å². The zero-order chi connectivity index (χ0) is 23.4. The number of unbranched alkanes of at least 4 members (excludes halogenated alkanes) is 1. The van der Waals surface area contributed by atoms with Crippen LogP contribution < -0.4 is 15.8 Å². The Hall–Kier alpha value is -4.07. The van der Waals surface area contributed by atoms with E-state index in [1.165, 1.54) is 0 Å². The maximum atomic E-state index is 13.1. The molecule has 0 aliphatic heterocycles. The summed E-state index contributed by atoms with van der Waals surface area (Å²) >= 11 is 0. The zero-order valence-electron chi connectivity index (χ0n) is 19.0. The standard InChI is InChI=1S/C25H27N5O3/c1-4-5-15-32-20-13-11-18(12-14-20)27-25(31)22-23(29-33-24(22)26)21-16(2)28-30(17(21)3)19-9-7-6-8-10-19/h6-14H,4-5,15,26H2,1-3H3,(H,27,31). The van der Waals surface area contributed by atoms with Gasteiger partial charge in [-0.25, -0.2) is 4.68 Å². The smallest absolute Gasteiger partial charge is 0.263 e. The van der Waals surface area contributed by atoms with Gasteiger partial charge in [-0.15, -0.1) is 0 Å². The van der Waals surface area contributed by atoms with Crippen LogP contribution in [0.4, 0.5) is 11.6 Å². The molecule has 2 aromatic carbocycles. The minimum Gasteiger partial charge on any atom is -0.494 e. The number of hydrogen-bond donors (Lipinski definition) is 2. The molecule has 0 radical (unpaired) electrons. The molecule has 4 aromatic rings. The third-order valence-corrected chi connectivity index (χ3v) is 5.35. The first-order valence-corrected chi connectivity index (χ1v) is 10.9. The summed E-state index contributed by atoms with van der Waals surface area (Å²) in [5, 5.41) is 11.6. The highest BCUT2D eigenvalue weighted by Crippen LogP contribution is 2.33. The topological polar surface area (TPSA) is 108 Å². The summed E-state index contributed by atoms with van der Waals surface area (Å²) < 4.78 is 12.7. The molecular weight excluding hydrogens is 418 g/mol. The van der Waals surface area contributed by atoms with Crippen molar-refractivity contribution >= 4 is 17.5 Å². The Morgan fingerprint density at radius 1 is 1.12 bits per heavy atom. The highest BCUT2D eigenvalue weighted by Gasteiger charge is 2.27.